The number of rotatable bonds is 2. The number of benzene rings is 1. The number of phenols is 1. The van der Waals surface area contributed by atoms with E-state index in [4.69, 9.17) is 0 Å². The van der Waals surface area contributed by atoms with Gasteiger partial charge in [-0.25, -0.2) is 0 Å². The van der Waals surface area contributed by atoms with Crippen molar-refractivity contribution in [2.45, 2.75) is 20.4 Å². The highest BCUT2D eigenvalue weighted by Gasteiger charge is 2.10. The lowest BCUT2D eigenvalue weighted by Gasteiger charge is -2.13. The maximum atomic E-state index is 12.1. The molecular weight excluding hydrogens is 341 g/mol. The Morgan fingerprint density at radius 2 is 2.00 bits per heavy atom. The van der Waals surface area contributed by atoms with Crippen LogP contribution in [0.15, 0.2) is 35.1 Å². The lowest BCUT2D eigenvalue weighted by atomic mass is 10.0. The molecule has 18 heavy (non-hydrogen) atoms. The SMILES string of the molecule is CCn1c(-c2ccc(O)cc2C)ccc(I)c1=O. The maximum absolute atomic E-state index is 12.1. The molecule has 0 fully saturated rings. The second kappa shape index (κ2) is 5.14. The minimum atomic E-state index is 0.0306. The van der Waals surface area contributed by atoms with E-state index in [0.29, 0.717) is 6.54 Å². The molecule has 1 heterocycles. The van der Waals surface area contributed by atoms with Crippen LogP contribution in [0.1, 0.15) is 12.5 Å². The van der Waals surface area contributed by atoms with Crippen LogP contribution in [0.4, 0.5) is 0 Å². The molecule has 1 aromatic heterocycles. The van der Waals surface area contributed by atoms with Gasteiger partial charge in [0.1, 0.15) is 5.75 Å². The van der Waals surface area contributed by atoms with Gasteiger partial charge in [0, 0.05) is 12.1 Å². The number of aromatic hydroxyl groups is 1. The Balaban J connectivity index is 2.71. The average Bonchev–Trinajstić information content (AvgIpc) is 2.33. The van der Waals surface area contributed by atoms with Crippen LogP contribution in [0.5, 0.6) is 5.75 Å². The van der Waals surface area contributed by atoms with E-state index in [1.165, 1.54) is 0 Å². The average molecular weight is 355 g/mol. The number of hydrogen-bond acceptors (Lipinski definition) is 2. The van der Waals surface area contributed by atoms with E-state index >= 15 is 0 Å². The molecule has 0 atom stereocenters. The number of hydrogen-bond donors (Lipinski definition) is 1. The molecule has 0 unspecified atom stereocenters. The topological polar surface area (TPSA) is 42.2 Å². The first-order valence-corrected chi connectivity index (χ1v) is 6.81. The molecule has 3 nitrogen and oxygen atoms in total. The quantitative estimate of drug-likeness (QED) is 0.841. The van der Waals surface area contributed by atoms with Crippen LogP contribution in [0, 0.1) is 10.5 Å². The molecule has 2 aromatic rings. The normalized spacial score (nSPS) is 10.6. The second-order valence-corrected chi connectivity index (χ2v) is 5.28. The molecule has 0 saturated heterocycles. The zero-order chi connectivity index (χ0) is 13.3. The second-order valence-electron chi connectivity index (χ2n) is 4.12. The fourth-order valence-electron chi connectivity index (χ4n) is 2.04. The van der Waals surface area contributed by atoms with E-state index in [0.717, 1.165) is 20.4 Å². The number of aromatic nitrogens is 1. The summed E-state index contributed by atoms with van der Waals surface area (Å²) in [5.41, 5.74) is 2.85. The first-order chi connectivity index (χ1) is 8.54. The van der Waals surface area contributed by atoms with Crippen molar-refractivity contribution in [2.24, 2.45) is 0 Å². The van der Waals surface area contributed by atoms with E-state index in [1.807, 2.05) is 32.0 Å². The largest absolute Gasteiger partial charge is 0.508 e. The Morgan fingerprint density at radius 3 is 2.61 bits per heavy atom. The Kier molecular flexibility index (Phi) is 3.75. The van der Waals surface area contributed by atoms with Gasteiger partial charge in [0.25, 0.3) is 5.56 Å². The van der Waals surface area contributed by atoms with Gasteiger partial charge < -0.3 is 9.67 Å². The molecule has 0 aliphatic carbocycles. The maximum Gasteiger partial charge on any atom is 0.264 e. The molecule has 0 aliphatic heterocycles. The Hall–Kier alpha value is -1.30. The smallest absolute Gasteiger partial charge is 0.264 e. The van der Waals surface area contributed by atoms with Crippen molar-refractivity contribution >= 4 is 22.6 Å². The number of pyridine rings is 1. The molecule has 0 saturated carbocycles. The summed E-state index contributed by atoms with van der Waals surface area (Å²) in [5, 5.41) is 9.44. The van der Waals surface area contributed by atoms with Gasteiger partial charge in [0.15, 0.2) is 0 Å². The van der Waals surface area contributed by atoms with E-state index in [1.54, 1.807) is 16.7 Å². The Bertz CT molecular complexity index is 647. The highest BCUT2D eigenvalue weighted by molar-refractivity contribution is 14.1. The molecular formula is C14H14INO2. The van der Waals surface area contributed by atoms with Crippen molar-refractivity contribution in [3.63, 3.8) is 0 Å². The predicted molar refractivity (Wildman–Crippen MR) is 80.9 cm³/mol. The Labute approximate surface area is 119 Å². The molecule has 4 heteroatoms. The van der Waals surface area contributed by atoms with Crippen LogP contribution in [0.3, 0.4) is 0 Å². The van der Waals surface area contributed by atoms with Crippen LogP contribution in [0.25, 0.3) is 11.3 Å². The van der Waals surface area contributed by atoms with E-state index in [2.05, 4.69) is 22.6 Å². The van der Waals surface area contributed by atoms with Crippen LogP contribution in [-0.4, -0.2) is 9.67 Å². The van der Waals surface area contributed by atoms with E-state index in [-0.39, 0.29) is 11.3 Å². The van der Waals surface area contributed by atoms with Gasteiger partial charge in [-0.3, -0.25) is 4.79 Å². The minimum absolute atomic E-state index is 0.0306. The molecule has 94 valence electrons. The fraction of sp³-hybridized carbons (Fsp3) is 0.214. The van der Waals surface area contributed by atoms with Gasteiger partial charge in [0.2, 0.25) is 0 Å². The lowest BCUT2D eigenvalue weighted by Crippen LogP contribution is -2.23. The first kappa shape index (κ1) is 13.1. The summed E-state index contributed by atoms with van der Waals surface area (Å²) in [6.45, 7) is 4.51. The molecule has 0 amide bonds. The van der Waals surface area contributed by atoms with Crippen LogP contribution >= 0.6 is 22.6 Å². The van der Waals surface area contributed by atoms with Crippen molar-refractivity contribution < 1.29 is 5.11 Å². The van der Waals surface area contributed by atoms with Gasteiger partial charge in [-0.15, -0.1) is 0 Å². The number of phenolic OH excluding ortho intramolecular Hbond substituents is 1. The number of nitrogens with zero attached hydrogens (tertiary/aromatic N) is 1. The summed E-state index contributed by atoms with van der Waals surface area (Å²) in [6.07, 6.45) is 0. The van der Waals surface area contributed by atoms with Crippen molar-refractivity contribution in [1.82, 2.24) is 4.57 Å². The highest BCUT2D eigenvalue weighted by atomic mass is 127. The highest BCUT2D eigenvalue weighted by Crippen LogP contribution is 2.25. The number of aryl methyl sites for hydroxylation is 1. The van der Waals surface area contributed by atoms with E-state index < -0.39 is 0 Å². The summed E-state index contributed by atoms with van der Waals surface area (Å²) >= 11 is 2.05. The minimum Gasteiger partial charge on any atom is -0.508 e. The first-order valence-electron chi connectivity index (χ1n) is 5.74. The van der Waals surface area contributed by atoms with Crippen molar-refractivity contribution in [2.75, 3.05) is 0 Å². The van der Waals surface area contributed by atoms with Gasteiger partial charge in [-0.05, 0) is 72.3 Å². The molecule has 1 N–H and O–H groups in total. The monoisotopic (exact) mass is 355 g/mol. The van der Waals surface area contributed by atoms with Gasteiger partial charge in [0.05, 0.1) is 9.26 Å². The summed E-state index contributed by atoms with van der Waals surface area (Å²) in [5.74, 6) is 0.243. The van der Waals surface area contributed by atoms with Crippen molar-refractivity contribution in [3.05, 3.63) is 49.8 Å². The van der Waals surface area contributed by atoms with Crippen molar-refractivity contribution in [3.8, 4) is 17.0 Å². The lowest BCUT2D eigenvalue weighted by molar-refractivity contribution is 0.475. The third-order valence-electron chi connectivity index (χ3n) is 2.93. The molecule has 0 bridgehead atoms. The summed E-state index contributed by atoms with van der Waals surface area (Å²) in [6, 6.07) is 8.98. The summed E-state index contributed by atoms with van der Waals surface area (Å²) in [7, 11) is 0. The zero-order valence-electron chi connectivity index (χ0n) is 10.3. The third-order valence-corrected chi connectivity index (χ3v) is 3.75. The fourth-order valence-corrected chi connectivity index (χ4v) is 2.51. The third kappa shape index (κ3) is 2.29. The summed E-state index contributed by atoms with van der Waals surface area (Å²) < 4.78 is 2.47. The molecule has 1 aromatic carbocycles. The van der Waals surface area contributed by atoms with E-state index in [9.17, 15) is 9.90 Å². The molecule has 0 radical (unpaired) electrons. The molecule has 2 rings (SSSR count). The van der Waals surface area contributed by atoms with Crippen LogP contribution < -0.4 is 5.56 Å². The standard InChI is InChI=1S/C14H14INO2/c1-3-16-13(7-6-12(15)14(16)18)11-5-4-10(17)8-9(11)2/h4-8,17H,3H2,1-2H3. The number of halogens is 1. The zero-order valence-corrected chi connectivity index (χ0v) is 12.4. The molecule has 0 aliphatic rings. The summed E-state index contributed by atoms with van der Waals surface area (Å²) in [4.78, 5) is 12.1. The predicted octanol–water partition coefficient (Wildman–Crippen LogP) is 3.15. The van der Waals surface area contributed by atoms with Crippen LogP contribution in [0.2, 0.25) is 0 Å². The molecule has 0 spiro atoms. The van der Waals surface area contributed by atoms with Crippen LogP contribution in [-0.2, 0) is 6.54 Å². The van der Waals surface area contributed by atoms with Gasteiger partial charge in [-0.1, -0.05) is 0 Å². The van der Waals surface area contributed by atoms with Gasteiger partial charge in [-0.2, -0.15) is 0 Å². The van der Waals surface area contributed by atoms with Gasteiger partial charge >= 0.3 is 0 Å². The van der Waals surface area contributed by atoms with Crippen molar-refractivity contribution in [1.29, 1.82) is 0 Å². The Morgan fingerprint density at radius 1 is 1.28 bits per heavy atom.